The van der Waals surface area contributed by atoms with E-state index in [1.54, 1.807) is 30.1 Å². The van der Waals surface area contributed by atoms with Gasteiger partial charge in [0.15, 0.2) is 5.84 Å². The molecule has 1 N–H and O–H groups in total. The molecule has 8 heteroatoms. The second-order valence-electron chi connectivity index (χ2n) is 7.62. The van der Waals surface area contributed by atoms with Gasteiger partial charge in [-0.3, -0.25) is 4.79 Å². The summed E-state index contributed by atoms with van der Waals surface area (Å²) in [6.07, 6.45) is 0.985. The highest BCUT2D eigenvalue weighted by Gasteiger charge is 2.31. The van der Waals surface area contributed by atoms with Crippen molar-refractivity contribution in [2.75, 3.05) is 34.2 Å². The number of carbonyl (C=O) groups is 1. The summed E-state index contributed by atoms with van der Waals surface area (Å²) in [7, 11) is 1.92. The molecule has 0 radical (unpaired) electrons. The Hall–Kier alpha value is -2.71. The standard InChI is InChI=1S/C22H28N4O3S/c1-5-16-10-12-17(13-11-16)19(25(2)3)14-23-21(27)15-26(4)22-18-8-6-7-9-20(18)30(28,29)24-22/h6-13,19H,5,14-15H2,1-4H3,(H,23,27). The van der Waals surface area contributed by atoms with E-state index in [0.29, 0.717) is 17.9 Å². The molecular weight excluding hydrogens is 400 g/mol. The van der Waals surface area contributed by atoms with Gasteiger partial charge in [0.25, 0.3) is 10.0 Å². The van der Waals surface area contributed by atoms with Crippen molar-refractivity contribution in [3.63, 3.8) is 0 Å². The Balaban J connectivity index is 1.65. The summed E-state index contributed by atoms with van der Waals surface area (Å²) in [5, 5.41) is 2.96. The molecule has 2 aromatic rings. The first-order valence-corrected chi connectivity index (χ1v) is 11.3. The van der Waals surface area contributed by atoms with E-state index < -0.39 is 10.0 Å². The highest BCUT2D eigenvalue weighted by atomic mass is 32.2. The van der Waals surface area contributed by atoms with Gasteiger partial charge in [0.05, 0.1) is 12.6 Å². The number of rotatable bonds is 7. The van der Waals surface area contributed by atoms with Crippen LogP contribution < -0.4 is 5.32 Å². The van der Waals surface area contributed by atoms with Gasteiger partial charge in [-0.2, -0.15) is 8.42 Å². The van der Waals surface area contributed by atoms with Crippen LogP contribution in [0.3, 0.4) is 0 Å². The summed E-state index contributed by atoms with van der Waals surface area (Å²) in [5.74, 6) is 0.0964. The number of fused-ring (bicyclic) bond motifs is 1. The van der Waals surface area contributed by atoms with Crippen molar-refractivity contribution in [3.8, 4) is 0 Å². The van der Waals surface area contributed by atoms with Crippen molar-refractivity contribution in [2.45, 2.75) is 24.3 Å². The lowest BCUT2D eigenvalue weighted by Gasteiger charge is -2.26. The van der Waals surface area contributed by atoms with Crippen LogP contribution >= 0.6 is 0 Å². The number of sulfonamides is 1. The summed E-state index contributed by atoms with van der Waals surface area (Å²) in [5.41, 5.74) is 2.93. The Bertz CT molecular complexity index is 1050. The molecule has 2 aromatic carbocycles. The molecule has 160 valence electrons. The monoisotopic (exact) mass is 428 g/mol. The van der Waals surface area contributed by atoms with Crippen LogP contribution in [0.2, 0.25) is 0 Å². The summed E-state index contributed by atoms with van der Waals surface area (Å²) < 4.78 is 28.3. The molecule has 30 heavy (non-hydrogen) atoms. The van der Waals surface area contributed by atoms with Crippen LogP contribution in [0.25, 0.3) is 0 Å². The van der Waals surface area contributed by atoms with E-state index in [2.05, 4.69) is 45.8 Å². The van der Waals surface area contributed by atoms with E-state index in [0.717, 1.165) is 12.0 Å². The third kappa shape index (κ3) is 4.71. The van der Waals surface area contributed by atoms with Crippen LogP contribution in [-0.2, 0) is 21.2 Å². The average Bonchev–Trinajstić information content (AvgIpc) is 3.00. The second-order valence-corrected chi connectivity index (χ2v) is 9.19. The highest BCUT2D eigenvalue weighted by Crippen LogP contribution is 2.26. The molecule has 7 nitrogen and oxygen atoms in total. The van der Waals surface area contributed by atoms with Crippen LogP contribution in [0.5, 0.6) is 0 Å². The summed E-state index contributed by atoms with van der Waals surface area (Å²) >= 11 is 0. The van der Waals surface area contributed by atoms with Crippen molar-refractivity contribution < 1.29 is 13.2 Å². The van der Waals surface area contributed by atoms with Crippen LogP contribution in [0.4, 0.5) is 0 Å². The topological polar surface area (TPSA) is 82.1 Å². The van der Waals surface area contributed by atoms with Gasteiger partial charge in [-0.15, -0.1) is 4.40 Å². The van der Waals surface area contributed by atoms with E-state index in [1.165, 1.54) is 11.6 Å². The Labute approximate surface area is 178 Å². The molecule has 0 spiro atoms. The molecule has 1 amide bonds. The van der Waals surface area contributed by atoms with E-state index in [9.17, 15) is 13.2 Å². The Morgan fingerprint density at radius 3 is 2.37 bits per heavy atom. The second kappa shape index (κ2) is 8.97. The molecule has 1 aliphatic rings. The quantitative estimate of drug-likeness (QED) is 0.730. The van der Waals surface area contributed by atoms with Crippen LogP contribution in [-0.4, -0.2) is 64.2 Å². The number of likely N-dealkylation sites (N-methyl/N-ethyl adjacent to an activating group) is 2. The predicted octanol–water partition coefficient (Wildman–Crippen LogP) is 2.05. The van der Waals surface area contributed by atoms with Crippen molar-refractivity contribution in [2.24, 2.45) is 4.40 Å². The molecule has 0 aliphatic carbocycles. The largest absolute Gasteiger partial charge is 0.353 e. The number of aryl methyl sites for hydroxylation is 1. The molecule has 0 saturated heterocycles. The van der Waals surface area contributed by atoms with Gasteiger partial charge in [-0.1, -0.05) is 43.3 Å². The molecule has 1 unspecified atom stereocenters. The van der Waals surface area contributed by atoms with Gasteiger partial charge >= 0.3 is 0 Å². The molecule has 1 atom stereocenters. The predicted molar refractivity (Wildman–Crippen MR) is 118 cm³/mol. The van der Waals surface area contributed by atoms with E-state index in [4.69, 9.17) is 0 Å². The zero-order chi connectivity index (χ0) is 21.9. The third-order valence-corrected chi connectivity index (χ3v) is 6.57. The van der Waals surface area contributed by atoms with Gasteiger partial charge < -0.3 is 15.1 Å². The normalized spacial score (nSPS) is 15.4. The molecule has 1 heterocycles. The fourth-order valence-electron chi connectivity index (χ4n) is 3.49. The first kappa shape index (κ1) is 22.0. The van der Waals surface area contributed by atoms with Gasteiger partial charge in [-0.05, 0) is 43.8 Å². The molecule has 0 fully saturated rings. The fourth-order valence-corrected chi connectivity index (χ4v) is 4.75. The first-order chi connectivity index (χ1) is 14.2. The van der Waals surface area contributed by atoms with Crippen LogP contribution in [0.15, 0.2) is 57.8 Å². The Morgan fingerprint density at radius 2 is 1.73 bits per heavy atom. The fraction of sp³-hybridized carbons (Fsp3) is 0.364. The Morgan fingerprint density at radius 1 is 1.07 bits per heavy atom. The van der Waals surface area contributed by atoms with Crippen molar-refractivity contribution >= 4 is 21.8 Å². The smallest absolute Gasteiger partial charge is 0.285 e. The lowest BCUT2D eigenvalue weighted by Crippen LogP contribution is -2.41. The van der Waals surface area contributed by atoms with Gasteiger partial charge in [-0.25, -0.2) is 0 Å². The first-order valence-electron chi connectivity index (χ1n) is 9.90. The van der Waals surface area contributed by atoms with Crippen LogP contribution in [0.1, 0.15) is 29.7 Å². The minimum Gasteiger partial charge on any atom is -0.353 e. The number of benzene rings is 2. The van der Waals surface area contributed by atoms with Crippen molar-refractivity contribution in [1.29, 1.82) is 0 Å². The minimum absolute atomic E-state index is 0.0115. The van der Waals surface area contributed by atoms with Crippen molar-refractivity contribution in [1.82, 2.24) is 15.1 Å². The number of hydrogen-bond acceptors (Lipinski definition) is 5. The molecule has 1 aliphatic heterocycles. The zero-order valence-electron chi connectivity index (χ0n) is 17.8. The zero-order valence-corrected chi connectivity index (χ0v) is 18.6. The number of amidine groups is 1. The summed E-state index contributed by atoms with van der Waals surface area (Å²) in [6.45, 7) is 2.58. The van der Waals surface area contributed by atoms with Crippen LogP contribution in [0, 0.1) is 0 Å². The van der Waals surface area contributed by atoms with Gasteiger partial charge in [0.2, 0.25) is 5.91 Å². The summed E-state index contributed by atoms with van der Waals surface area (Å²) in [4.78, 5) is 16.4. The SMILES string of the molecule is CCc1ccc(C(CNC(=O)CN(C)C2=NS(=O)(=O)c3ccccc32)N(C)C)cc1. The maximum atomic E-state index is 12.6. The lowest BCUT2D eigenvalue weighted by atomic mass is 10.0. The number of amides is 1. The third-order valence-electron chi connectivity index (χ3n) is 5.24. The molecule has 3 rings (SSSR count). The Kier molecular flexibility index (Phi) is 6.58. The van der Waals surface area contributed by atoms with E-state index in [-0.39, 0.29) is 23.4 Å². The highest BCUT2D eigenvalue weighted by molar-refractivity contribution is 7.90. The number of hydrogen-bond donors (Lipinski definition) is 1. The molecule has 0 saturated carbocycles. The van der Waals surface area contributed by atoms with Crippen molar-refractivity contribution in [3.05, 3.63) is 65.2 Å². The average molecular weight is 429 g/mol. The lowest BCUT2D eigenvalue weighted by molar-refractivity contribution is -0.121. The molecular formula is C22H28N4O3S. The minimum atomic E-state index is -3.71. The molecule has 0 bridgehead atoms. The maximum Gasteiger partial charge on any atom is 0.285 e. The van der Waals surface area contributed by atoms with Gasteiger partial charge in [0, 0.05) is 19.2 Å². The van der Waals surface area contributed by atoms with E-state index in [1.807, 2.05) is 14.1 Å². The van der Waals surface area contributed by atoms with Gasteiger partial charge in [0.1, 0.15) is 4.90 Å². The number of carbonyl (C=O) groups excluding carboxylic acids is 1. The maximum absolute atomic E-state index is 12.6. The molecule has 0 aromatic heterocycles. The number of nitrogens with zero attached hydrogens (tertiary/aromatic N) is 3. The van der Waals surface area contributed by atoms with E-state index >= 15 is 0 Å². The number of nitrogens with one attached hydrogen (secondary N) is 1. The summed E-state index contributed by atoms with van der Waals surface area (Å²) in [6, 6.07) is 15.1.